The van der Waals surface area contributed by atoms with Crippen LogP contribution < -0.4 is 9.64 Å². The lowest BCUT2D eigenvalue weighted by Gasteiger charge is -2.23. The summed E-state index contributed by atoms with van der Waals surface area (Å²) in [7, 11) is 1.70. The molecule has 1 aliphatic heterocycles. The summed E-state index contributed by atoms with van der Waals surface area (Å²) in [6, 6.07) is 12.7. The number of unbranched alkanes of at least 4 members (excludes halogenated alkanes) is 1. The molecule has 0 aliphatic carbocycles. The van der Waals surface area contributed by atoms with E-state index in [9.17, 15) is 0 Å². The number of hydrogen-bond acceptors (Lipinski definition) is 5. The molecule has 1 aliphatic rings. The molecule has 0 amide bonds. The van der Waals surface area contributed by atoms with Crippen molar-refractivity contribution in [2.75, 3.05) is 25.1 Å². The Morgan fingerprint density at radius 2 is 1.82 bits per heavy atom. The fourth-order valence-corrected chi connectivity index (χ4v) is 4.48. The van der Waals surface area contributed by atoms with Gasteiger partial charge in [0.05, 0.1) is 29.8 Å². The van der Waals surface area contributed by atoms with Gasteiger partial charge in [0, 0.05) is 24.3 Å². The van der Waals surface area contributed by atoms with E-state index < -0.39 is 0 Å². The highest BCUT2D eigenvalue weighted by Crippen LogP contribution is 2.41. The lowest BCUT2D eigenvalue weighted by molar-refractivity contribution is 0.416. The molecule has 0 unspecified atom stereocenters. The molecule has 3 aromatic rings. The van der Waals surface area contributed by atoms with E-state index in [4.69, 9.17) is 19.8 Å². The maximum absolute atomic E-state index is 5.65. The zero-order valence-electron chi connectivity index (χ0n) is 21.4. The van der Waals surface area contributed by atoms with E-state index >= 15 is 0 Å². The van der Waals surface area contributed by atoms with E-state index in [-0.39, 0.29) is 0 Å². The molecule has 0 saturated heterocycles. The molecule has 0 N–H and O–H groups in total. The van der Waals surface area contributed by atoms with Gasteiger partial charge in [0.2, 0.25) is 0 Å². The van der Waals surface area contributed by atoms with Crippen molar-refractivity contribution in [2.24, 2.45) is 9.98 Å². The second kappa shape index (κ2) is 9.84. The summed E-state index contributed by atoms with van der Waals surface area (Å²) in [5.41, 5.74) is 8.26. The maximum atomic E-state index is 5.65. The highest BCUT2D eigenvalue weighted by molar-refractivity contribution is 6.44. The molecule has 0 fully saturated rings. The molecule has 0 spiro atoms. The smallest absolute Gasteiger partial charge is 0.177 e. The van der Waals surface area contributed by atoms with Crippen LogP contribution >= 0.6 is 0 Å². The highest BCUT2D eigenvalue weighted by Gasteiger charge is 2.28. The number of hydrogen-bond donors (Lipinski definition) is 0. The summed E-state index contributed by atoms with van der Waals surface area (Å²) < 4.78 is 7.52. The van der Waals surface area contributed by atoms with Crippen LogP contribution in [0.25, 0.3) is 11.1 Å². The van der Waals surface area contributed by atoms with Gasteiger partial charge < -0.3 is 9.64 Å². The molecule has 4 rings (SSSR count). The Balaban J connectivity index is 1.74. The van der Waals surface area contributed by atoms with E-state index in [2.05, 4.69) is 62.9 Å². The van der Waals surface area contributed by atoms with Gasteiger partial charge in [-0.3, -0.25) is 0 Å². The Morgan fingerprint density at radius 3 is 2.50 bits per heavy atom. The molecular formula is C28H35N5O. The molecule has 34 heavy (non-hydrogen) atoms. The largest absolute Gasteiger partial charge is 0.496 e. The summed E-state index contributed by atoms with van der Waals surface area (Å²) in [6.45, 7) is 14.7. The molecule has 1 aromatic heterocycles. The summed E-state index contributed by atoms with van der Waals surface area (Å²) in [5.74, 6) is 2.39. The summed E-state index contributed by atoms with van der Waals surface area (Å²) in [4.78, 5) is 12.3. The van der Waals surface area contributed by atoms with Crippen LogP contribution in [0.2, 0.25) is 0 Å². The number of aromatic nitrogens is 2. The second-order valence-corrected chi connectivity index (χ2v) is 8.94. The van der Waals surface area contributed by atoms with Gasteiger partial charge in [-0.2, -0.15) is 9.78 Å². The predicted molar refractivity (Wildman–Crippen MR) is 143 cm³/mol. The van der Waals surface area contributed by atoms with Crippen molar-refractivity contribution in [3.05, 3.63) is 53.2 Å². The Labute approximate surface area is 203 Å². The van der Waals surface area contributed by atoms with Crippen LogP contribution in [0.15, 0.2) is 46.4 Å². The molecule has 0 atom stereocenters. The van der Waals surface area contributed by atoms with Crippen LogP contribution in [-0.2, 0) is 0 Å². The van der Waals surface area contributed by atoms with Crippen molar-refractivity contribution in [2.45, 2.75) is 54.4 Å². The Bertz CT molecular complexity index is 1270. The van der Waals surface area contributed by atoms with Crippen LogP contribution in [0.3, 0.4) is 0 Å². The van der Waals surface area contributed by atoms with E-state index in [0.717, 1.165) is 64.3 Å². The van der Waals surface area contributed by atoms with Crippen molar-refractivity contribution in [3.8, 4) is 16.9 Å². The van der Waals surface area contributed by atoms with Gasteiger partial charge in [0.25, 0.3) is 0 Å². The fraction of sp³-hybridized carbons (Fsp3) is 0.393. The number of benzene rings is 2. The molecular weight excluding hydrogens is 422 g/mol. The molecule has 2 heterocycles. The first-order chi connectivity index (χ1) is 16.4. The van der Waals surface area contributed by atoms with Crippen molar-refractivity contribution in [1.29, 1.82) is 0 Å². The number of anilines is 1. The molecule has 0 bridgehead atoms. The van der Waals surface area contributed by atoms with Gasteiger partial charge in [-0.05, 0) is 76.9 Å². The molecule has 6 nitrogen and oxygen atoms in total. The Morgan fingerprint density at radius 1 is 1.03 bits per heavy atom. The van der Waals surface area contributed by atoms with Crippen molar-refractivity contribution in [3.63, 3.8) is 0 Å². The average Bonchev–Trinajstić information content (AvgIpc) is 3.28. The van der Waals surface area contributed by atoms with Crippen LogP contribution in [-0.4, -0.2) is 41.5 Å². The van der Waals surface area contributed by atoms with Gasteiger partial charge in [-0.1, -0.05) is 25.0 Å². The zero-order chi connectivity index (χ0) is 24.4. The van der Waals surface area contributed by atoms with Crippen LogP contribution in [0.5, 0.6) is 5.75 Å². The number of ether oxygens (including phenoxy) is 1. The Hall–Kier alpha value is -3.41. The van der Waals surface area contributed by atoms with Crippen molar-refractivity contribution >= 4 is 28.7 Å². The van der Waals surface area contributed by atoms with E-state index in [1.807, 2.05) is 24.6 Å². The van der Waals surface area contributed by atoms with E-state index in [0.29, 0.717) is 0 Å². The first kappa shape index (κ1) is 23.7. The summed E-state index contributed by atoms with van der Waals surface area (Å²) in [5, 5.41) is 4.83. The minimum absolute atomic E-state index is 0.769. The number of methoxy groups -OCH3 is 1. The van der Waals surface area contributed by atoms with Crippen molar-refractivity contribution < 1.29 is 4.74 Å². The van der Waals surface area contributed by atoms with Gasteiger partial charge in [-0.25, -0.2) is 9.98 Å². The first-order valence-electron chi connectivity index (χ1n) is 12.1. The standard InChI is InChI=1S/C28H35N5O/c1-8-10-15-32(9-2)22-12-13-24(19(4)17-22)30-27-21(6)29-28-26(20(5)31-33(27)28)23-16-18(3)11-14-25(23)34-7/h11-14,16-17H,8-10,15H2,1-7H3/b30-27-. The van der Waals surface area contributed by atoms with Crippen LogP contribution in [0, 0.1) is 20.8 Å². The van der Waals surface area contributed by atoms with Gasteiger partial charge in [0.1, 0.15) is 5.75 Å². The SMILES string of the molecule is CCCCN(CC)c1ccc(/N=C2/C(C)=Nc3c(-c4cc(C)ccc4OC)c(C)nn32)c(C)c1. The molecule has 6 heteroatoms. The predicted octanol–water partition coefficient (Wildman–Crippen LogP) is 6.79. The van der Waals surface area contributed by atoms with Crippen molar-refractivity contribution in [1.82, 2.24) is 9.78 Å². The monoisotopic (exact) mass is 457 g/mol. The second-order valence-electron chi connectivity index (χ2n) is 8.94. The highest BCUT2D eigenvalue weighted by atomic mass is 16.5. The number of nitrogens with zero attached hydrogens (tertiary/aromatic N) is 5. The van der Waals surface area contributed by atoms with E-state index in [1.54, 1.807) is 7.11 Å². The summed E-state index contributed by atoms with van der Waals surface area (Å²) >= 11 is 0. The molecule has 0 saturated carbocycles. The number of rotatable bonds is 8. The fourth-order valence-electron chi connectivity index (χ4n) is 4.48. The minimum Gasteiger partial charge on any atom is -0.496 e. The molecule has 0 radical (unpaired) electrons. The van der Waals surface area contributed by atoms with E-state index in [1.165, 1.54) is 24.1 Å². The third-order valence-electron chi connectivity index (χ3n) is 6.39. The number of aliphatic imine (C=N–C) groups is 2. The van der Waals surface area contributed by atoms with Gasteiger partial charge >= 0.3 is 0 Å². The molecule has 2 aromatic carbocycles. The lowest BCUT2D eigenvalue weighted by Crippen LogP contribution is -2.23. The van der Waals surface area contributed by atoms with Gasteiger partial charge in [-0.15, -0.1) is 0 Å². The third-order valence-corrected chi connectivity index (χ3v) is 6.39. The third kappa shape index (κ3) is 4.37. The first-order valence-corrected chi connectivity index (χ1v) is 12.1. The number of fused-ring (bicyclic) bond motifs is 1. The van der Waals surface area contributed by atoms with Crippen LogP contribution in [0.1, 0.15) is 50.4 Å². The van der Waals surface area contributed by atoms with Gasteiger partial charge in [0.15, 0.2) is 11.7 Å². The van der Waals surface area contributed by atoms with Crippen LogP contribution in [0.4, 0.5) is 17.2 Å². The zero-order valence-corrected chi connectivity index (χ0v) is 21.4. The number of aryl methyl sites for hydroxylation is 3. The Kier molecular flexibility index (Phi) is 6.87. The molecule has 178 valence electrons. The average molecular weight is 458 g/mol. The summed E-state index contributed by atoms with van der Waals surface area (Å²) in [6.07, 6.45) is 2.39. The lowest BCUT2D eigenvalue weighted by atomic mass is 10.0. The maximum Gasteiger partial charge on any atom is 0.177 e. The minimum atomic E-state index is 0.769. The topological polar surface area (TPSA) is 55.0 Å². The normalized spacial score (nSPS) is 13.9. The quantitative estimate of drug-likeness (QED) is 0.374.